The normalized spacial score (nSPS) is 21.9. The number of ketones is 1. The highest BCUT2D eigenvalue weighted by Crippen LogP contribution is 2.42. The molecule has 1 N–H and O–H groups in total. The first-order valence-electron chi connectivity index (χ1n) is 9.59. The summed E-state index contributed by atoms with van der Waals surface area (Å²) in [5.41, 5.74) is 3.28. The molecule has 0 fully saturated rings. The van der Waals surface area contributed by atoms with Gasteiger partial charge in [0.25, 0.3) is 0 Å². The molecule has 0 aromatic heterocycles. The van der Waals surface area contributed by atoms with E-state index in [0.717, 1.165) is 16.9 Å². The first-order chi connectivity index (χ1) is 13.5. The van der Waals surface area contributed by atoms with Crippen LogP contribution in [0.5, 0.6) is 5.75 Å². The van der Waals surface area contributed by atoms with Crippen LogP contribution in [-0.4, -0.2) is 18.3 Å². The number of nitrogens with one attached hydrogen (secondary N) is 1. The molecule has 2 atom stereocenters. The van der Waals surface area contributed by atoms with Crippen molar-refractivity contribution in [1.82, 2.24) is 5.32 Å². The quantitative estimate of drug-likeness (QED) is 0.865. The van der Waals surface area contributed by atoms with E-state index in [9.17, 15) is 14.0 Å². The second kappa shape index (κ2) is 7.58. The molecule has 144 valence electrons. The van der Waals surface area contributed by atoms with Crippen molar-refractivity contribution in [3.05, 3.63) is 76.7 Å². The number of carbonyl (C=O) groups is 2. The lowest BCUT2D eigenvalue weighted by Crippen LogP contribution is -2.38. The van der Waals surface area contributed by atoms with Gasteiger partial charge in [-0.3, -0.25) is 9.59 Å². The third-order valence-electron chi connectivity index (χ3n) is 5.47. The number of halogens is 1. The summed E-state index contributed by atoms with van der Waals surface area (Å²) < 4.78 is 18.7. The summed E-state index contributed by atoms with van der Waals surface area (Å²) >= 11 is 0. The van der Waals surface area contributed by atoms with Crippen LogP contribution in [0.4, 0.5) is 4.39 Å². The molecule has 0 saturated heterocycles. The topological polar surface area (TPSA) is 55.4 Å². The minimum atomic E-state index is -0.299. The van der Waals surface area contributed by atoms with Crippen molar-refractivity contribution in [2.45, 2.75) is 38.0 Å². The monoisotopic (exact) mass is 379 g/mol. The van der Waals surface area contributed by atoms with Crippen LogP contribution in [0.2, 0.25) is 0 Å². The van der Waals surface area contributed by atoms with E-state index in [1.807, 2.05) is 31.2 Å². The molecular weight excluding hydrogens is 357 g/mol. The summed E-state index contributed by atoms with van der Waals surface area (Å²) in [5.74, 6) is 0.159. The summed E-state index contributed by atoms with van der Waals surface area (Å²) in [6.45, 7) is 2.51. The number of benzene rings is 2. The Morgan fingerprint density at radius 3 is 2.32 bits per heavy atom. The van der Waals surface area contributed by atoms with Crippen LogP contribution in [0.3, 0.4) is 0 Å². The van der Waals surface area contributed by atoms with Crippen molar-refractivity contribution >= 4 is 11.7 Å². The van der Waals surface area contributed by atoms with Crippen molar-refractivity contribution in [2.75, 3.05) is 6.61 Å². The van der Waals surface area contributed by atoms with E-state index in [1.165, 1.54) is 12.1 Å². The summed E-state index contributed by atoms with van der Waals surface area (Å²) in [5, 5.41) is 2.91. The lowest BCUT2D eigenvalue weighted by Gasteiger charge is -2.34. The maximum Gasteiger partial charge on any atom is 0.225 e. The number of rotatable bonds is 4. The number of Topliss-reactive ketones (excluding diaryl/α,β-unsaturated/α-hetero) is 1. The zero-order valence-corrected chi connectivity index (χ0v) is 15.7. The van der Waals surface area contributed by atoms with Crippen molar-refractivity contribution in [1.29, 1.82) is 0 Å². The fourth-order valence-corrected chi connectivity index (χ4v) is 4.18. The molecule has 2 aliphatic rings. The molecule has 4 nitrogen and oxygen atoms in total. The summed E-state index contributed by atoms with van der Waals surface area (Å²) in [7, 11) is 0. The Morgan fingerprint density at radius 1 is 0.964 bits per heavy atom. The Labute approximate surface area is 163 Å². The summed E-state index contributed by atoms with van der Waals surface area (Å²) in [6.07, 6.45) is 1.21. The van der Waals surface area contributed by atoms with Crippen molar-refractivity contribution in [3.63, 3.8) is 0 Å². The van der Waals surface area contributed by atoms with Gasteiger partial charge in [-0.05, 0) is 54.7 Å². The van der Waals surface area contributed by atoms with Crippen LogP contribution in [0, 0.1) is 5.82 Å². The van der Waals surface area contributed by atoms with E-state index in [0.29, 0.717) is 30.7 Å². The molecule has 5 heteroatoms. The van der Waals surface area contributed by atoms with Crippen LogP contribution in [-0.2, 0) is 9.59 Å². The molecule has 1 aliphatic heterocycles. The van der Waals surface area contributed by atoms with E-state index in [2.05, 4.69) is 5.32 Å². The van der Waals surface area contributed by atoms with Gasteiger partial charge in [0.15, 0.2) is 5.78 Å². The van der Waals surface area contributed by atoms with Gasteiger partial charge in [-0.1, -0.05) is 24.3 Å². The van der Waals surface area contributed by atoms with Crippen molar-refractivity contribution in [2.24, 2.45) is 0 Å². The number of carbonyl (C=O) groups excluding carboxylic acids is 2. The largest absolute Gasteiger partial charge is 0.494 e. The minimum Gasteiger partial charge on any atom is -0.494 e. The Kier molecular flexibility index (Phi) is 4.99. The lowest BCUT2D eigenvalue weighted by molar-refractivity contribution is -0.122. The van der Waals surface area contributed by atoms with E-state index in [4.69, 9.17) is 4.74 Å². The van der Waals surface area contributed by atoms with Gasteiger partial charge in [-0.15, -0.1) is 0 Å². The number of hydrogen-bond acceptors (Lipinski definition) is 3. The molecule has 2 unspecified atom stereocenters. The summed E-state index contributed by atoms with van der Waals surface area (Å²) in [4.78, 5) is 25.4. The van der Waals surface area contributed by atoms with Gasteiger partial charge in [-0.25, -0.2) is 4.39 Å². The number of amides is 1. The zero-order valence-electron chi connectivity index (χ0n) is 15.7. The van der Waals surface area contributed by atoms with E-state index in [-0.39, 0.29) is 35.8 Å². The van der Waals surface area contributed by atoms with Crippen LogP contribution in [0.1, 0.15) is 49.1 Å². The summed E-state index contributed by atoms with van der Waals surface area (Å²) in [6, 6.07) is 13.9. The average molecular weight is 379 g/mol. The van der Waals surface area contributed by atoms with Crippen LogP contribution in [0.25, 0.3) is 0 Å². The molecule has 1 amide bonds. The fourth-order valence-electron chi connectivity index (χ4n) is 4.18. The smallest absolute Gasteiger partial charge is 0.225 e. The van der Waals surface area contributed by atoms with Gasteiger partial charge in [0.2, 0.25) is 5.91 Å². The Morgan fingerprint density at radius 2 is 1.64 bits per heavy atom. The Hall–Kier alpha value is -2.95. The first kappa shape index (κ1) is 18.4. The first-order valence-corrected chi connectivity index (χ1v) is 9.59. The van der Waals surface area contributed by atoms with E-state index >= 15 is 0 Å². The second-order valence-electron chi connectivity index (χ2n) is 7.28. The molecule has 2 aromatic carbocycles. The maximum absolute atomic E-state index is 13.2. The molecule has 2 aromatic rings. The van der Waals surface area contributed by atoms with Crippen molar-refractivity contribution in [3.8, 4) is 5.75 Å². The molecule has 0 saturated carbocycles. The third kappa shape index (κ3) is 3.57. The highest BCUT2D eigenvalue weighted by Gasteiger charge is 2.38. The molecule has 1 aliphatic carbocycles. The number of hydrogen-bond donors (Lipinski definition) is 1. The molecule has 28 heavy (non-hydrogen) atoms. The van der Waals surface area contributed by atoms with Crippen molar-refractivity contribution < 1.29 is 18.7 Å². The zero-order chi connectivity index (χ0) is 19.7. The third-order valence-corrected chi connectivity index (χ3v) is 5.47. The molecular formula is C23H22FNO3. The van der Waals surface area contributed by atoms with E-state index in [1.54, 1.807) is 12.1 Å². The Balaban J connectivity index is 1.65. The Bertz CT molecular complexity index is 931. The van der Waals surface area contributed by atoms with Gasteiger partial charge in [0.05, 0.1) is 6.61 Å². The predicted molar refractivity (Wildman–Crippen MR) is 104 cm³/mol. The maximum atomic E-state index is 13.2. The molecule has 0 spiro atoms. The minimum absolute atomic E-state index is 0.0498. The number of allylic oxidation sites excluding steroid dienone is 2. The highest BCUT2D eigenvalue weighted by atomic mass is 19.1. The standard InChI is InChI=1S/C23H22FNO3/c1-2-28-18-9-5-15(6-10-18)19-13-22(27)25-20-11-16(12-21(26)23(19)20)14-3-7-17(24)8-4-14/h3-10,16,19H,2,11-13H2,1H3,(H,25,27). The highest BCUT2D eigenvalue weighted by molar-refractivity contribution is 6.02. The van der Waals surface area contributed by atoms with Gasteiger partial charge < -0.3 is 10.1 Å². The average Bonchev–Trinajstić information content (AvgIpc) is 2.68. The van der Waals surface area contributed by atoms with Gasteiger partial charge >= 0.3 is 0 Å². The molecule has 1 heterocycles. The van der Waals surface area contributed by atoms with Crippen LogP contribution < -0.4 is 10.1 Å². The lowest BCUT2D eigenvalue weighted by atomic mass is 9.73. The van der Waals surface area contributed by atoms with E-state index < -0.39 is 0 Å². The predicted octanol–water partition coefficient (Wildman–Crippen LogP) is 4.23. The molecule has 4 rings (SSSR count). The van der Waals surface area contributed by atoms with Crippen LogP contribution in [0.15, 0.2) is 59.8 Å². The molecule has 0 bridgehead atoms. The molecule has 0 radical (unpaired) electrons. The number of ether oxygens (including phenoxy) is 1. The SMILES string of the molecule is CCOc1ccc(C2CC(=O)NC3=C2C(=O)CC(c2ccc(F)cc2)C3)cc1. The van der Waals surface area contributed by atoms with Crippen LogP contribution >= 0.6 is 0 Å². The van der Waals surface area contributed by atoms with Gasteiger partial charge in [0, 0.05) is 30.0 Å². The van der Waals surface area contributed by atoms with Gasteiger partial charge in [0.1, 0.15) is 11.6 Å². The fraction of sp³-hybridized carbons (Fsp3) is 0.304. The second-order valence-corrected chi connectivity index (χ2v) is 7.28. The van der Waals surface area contributed by atoms with Gasteiger partial charge in [-0.2, -0.15) is 0 Å².